The van der Waals surface area contributed by atoms with Crippen LogP contribution in [0.15, 0.2) is 22.7 Å². The van der Waals surface area contributed by atoms with E-state index in [4.69, 9.17) is 4.52 Å². The van der Waals surface area contributed by atoms with Crippen molar-refractivity contribution in [1.29, 1.82) is 0 Å². The number of hydrogen-bond donors (Lipinski definition) is 1. The van der Waals surface area contributed by atoms with Gasteiger partial charge in [-0.15, -0.1) is 0 Å². The van der Waals surface area contributed by atoms with Crippen molar-refractivity contribution >= 4 is 21.6 Å². The van der Waals surface area contributed by atoms with Gasteiger partial charge >= 0.3 is 0 Å². The van der Waals surface area contributed by atoms with E-state index in [1.807, 2.05) is 0 Å². The number of nitrogens with one attached hydrogen (secondary N) is 1. The molecule has 0 aliphatic heterocycles. The second-order valence-electron chi connectivity index (χ2n) is 3.80. The zero-order valence-electron chi connectivity index (χ0n) is 10.3. The Morgan fingerprint density at radius 3 is 2.83 bits per heavy atom. The normalized spacial score (nSPS) is 11.9. The minimum Gasteiger partial charge on any atom is -0.360 e. The molecule has 0 aromatic carbocycles. The molecule has 0 saturated carbocycles. The number of hydrogen-bond acceptors (Lipinski definition) is 5. The first kappa shape index (κ1) is 14.4. The highest BCUT2D eigenvalue weighted by Crippen LogP contribution is 2.07. The predicted octanol–water partition coefficient (Wildman–Crippen LogP) is 1.30. The topological polar surface area (TPSA) is 89.3 Å². The Bertz CT molecular complexity index is 531. The van der Waals surface area contributed by atoms with Crippen molar-refractivity contribution in [3.63, 3.8) is 0 Å². The van der Waals surface area contributed by atoms with Crippen LogP contribution in [0.3, 0.4) is 0 Å². The van der Waals surface area contributed by atoms with E-state index in [1.165, 1.54) is 0 Å². The molecule has 1 amide bonds. The van der Waals surface area contributed by atoms with Crippen LogP contribution in [0.25, 0.3) is 0 Å². The van der Waals surface area contributed by atoms with E-state index in [9.17, 15) is 13.2 Å². The molecule has 1 N–H and O–H groups in total. The summed E-state index contributed by atoms with van der Waals surface area (Å²) >= 11 is 0. The number of aromatic nitrogens is 1. The number of nitrogens with zero attached hydrogens (tertiary/aromatic N) is 1. The van der Waals surface area contributed by atoms with Gasteiger partial charge in [0.15, 0.2) is 15.7 Å². The lowest BCUT2D eigenvalue weighted by molar-refractivity contribution is -0.115. The standard InChI is InChI=1S/C11H16N2O4S/c1-3-4-6-18(15,16)7-5-11(14)12-10-8-9(2)17-13-10/h3-4,8H,5-7H2,1-2H3,(H,12,13,14)/b4-3+. The Morgan fingerprint density at radius 2 is 2.28 bits per heavy atom. The molecule has 1 aromatic heterocycles. The largest absolute Gasteiger partial charge is 0.360 e. The van der Waals surface area contributed by atoms with Crippen molar-refractivity contribution in [2.24, 2.45) is 0 Å². The van der Waals surface area contributed by atoms with Crippen LogP contribution in [-0.2, 0) is 14.6 Å². The molecule has 1 aromatic rings. The van der Waals surface area contributed by atoms with Crippen LogP contribution in [-0.4, -0.2) is 31.0 Å². The van der Waals surface area contributed by atoms with Crippen molar-refractivity contribution in [2.75, 3.05) is 16.8 Å². The summed E-state index contributed by atoms with van der Waals surface area (Å²) < 4.78 is 27.7. The molecule has 0 aliphatic carbocycles. The second kappa shape index (κ2) is 6.34. The summed E-state index contributed by atoms with van der Waals surface area (Å²) in [7, 11) is -3.22. The molecular formula is C11H16N2O4S. The Balaban J connectivity index is 2.42. The van der Waals surface area contributed by atoms with Crippen LogP contribution in [0.4, 0.5) is 5.82 Å². The Kier molecular flexibility index (Phi) is 5.08. The summed E-state index contributed by atoms with van der Waals surface area (Å²) in [4.78, 5) is 11.5. The molecule has 7 heteroatoms. The number of amides is 1. The molecule has 0 unspecified atom stereocenters. The monoisotopic (exact) mass is 272 g/mol. The average Bonchev–Trinajstić information content (AvgIpc) is 2.70. The van der Waals surface area contributed by atoms with Gasteiger partial charge < -0.3 is 9.84 Å². The van der Waals surface area contributed by atoms with Crippen LogP contribution < -0.4 is 5.32 Å². The SMILES string of the molecule is C/C=C/CS(=O)(=O)CCC(=O)Nc1cc(C)on1. The van der Waals surface area contributed by atoms with Gasteiger partial charge in [0.1, 0.15) is 5.76 Å². The highest BCUT2D eigenvalue weighted by molar-refractivity contribution is 7.91. The summed E-state index contributed by atoms with van der Waals surface area (Å²) in [6.45, 7) is 3.44. The van der Waals surface area contributed by atoms with E-state index in [-0.39, 0.29) is 17.9 Å². The predicted molar refractivity (Wildman–Crippen MR) is 68.0 cm³/mol. The molecule has 0 radical (unpaired) electrons. The van der Waals surface area contributed by atoms with Crippen LogP contribution in [0.2, 0.25) is 0 Å². The maximum absolute atomic E-state index is 11.5. The van der Waals surface area contributed by atoms with Crippen molar-refractivity contribution in [1.82, 2.24) is 5.16 Å². The summed E-state index contributed by atoms with van der Waals surface area (Å²) in [5.74, 6) is 0.251. The lowest BCUT2D eigenvalue weighted by atomic mass is 10.4. The molecule has 1 heterocycles. The van der Waals surface area contributed by atoms with E-state index in [0.29, 0.717) is 11.6 Å². The number of rotatable bonds is 6. The number of anilines is 1. The van der Waals surface area contributed by atoms with Gasteiger partial charge in [0.25, 0.3) is 0 Å². The first-order valence-electron chi connectivity index (χ1n) is 5.47. The first-order valence-corrected chi connectivity index (χ1v) is 7.30. The zero-order chi connectivity index (χ0) is 13.6. The number of aryl methyl sites for hydroxylation is 1. The first-order chi connectivity index (χ1) is 8.43. The van der Waals surface area contributed by atoms with Gasteiger partial charge in [0, 0.05) is 12.5 Å². The number of carbonyl (C=O) groups is 1. The molecule has 0 atom stereocenters. The van der Waals surface area contributed by atoms with Crippen LogP contribution in [0, 0.1) is 6.92 Å². The van der Waals surface area contributed by atoms with Gasteiger partial charge in [-0.1, -0.05) is 17.3 Å². The van der Waals surface area contributed by atoms with E-state index < -0.39 is 15.7 Å². The third-order valence-corrected chi connectivity index (χ3v) is 3.65. The zero-order valence-corrected chi connectivity index (χ0v) is 11.2. The van der Waals surface area contributed by atoms with Crippen molar-refractivity contribution < 1.29 is 17.7 Å². The van der Waals surface area contributed by atoms with Gasteiger partial charge in [-0.25, -0.2) is 8.42 Å². The van der Waals surface area contributed by atoms with E-state index >= 15 is 0 Å². The summed E-state index contributed by atoms with van der Waals surface area (Å²) in [6, 6.07) is 1.56. The molecule has 100 valence electrons. The Morgan fingerprint density at radius 1 is 1.56 bits per heavy atom. The molecule has 0 aliphatic rings. The van der Waals surface area contributed by atoms with Crippen molar-refractivity contribution in [2.45, 2.75) is 20.3 Å². The van der Waals surface area contributed by atoms with Gasteiger partial charge in [0.05, 0.1) is 11.5 Å². The van der Waals surface area contributed by atoms with E-state index in [0.717, 1.165) is 0 Å². The second-order valence-corrected chi connectivity index (χ2v) is 6.03. The number of sulfone groups is 1. The third-order valence-electron chi connectivity index (χ3n) is 2.12. The van der Waals surface area contributed by atoms with Crippen molar-refractivity contribution in [3.05, 3.63) is 24.0 Å². The molecule has 0 bridgehead atoms. The maximum Gasteiger partial charge on any atom is 0.226 e. The minimum atomic E-state index is -3.22. The number of carbonyl (C=O) groups excluding carboxylic acids is 1. The van der Waals surface area contributed by atoms with Gasteiger partial charge in [-0.2, -0.15) is 0 Å². The molecule has 0 spiro atoms. The highest BCUT2D eigenvalue weighted by Gasteiger charge is 2.13. The quantitative estimate of drug-likeness (QED) is 0.788. The Hall–Kier alpha value is -1.63. The van der Waals surface area contributed by atoms with Crippen LogP contribution >= 0.6 is 0 Å². The molecular weight excluding hydrogens is 256 g/mol. The molecule has 0 saturated heterocycles. The minimum absolute atomic E-state index is 0.0418. The fourth-order valence-electron chi connectivity index (χ4n) is 1.21. The summed E-state index contributed by atoms with van der Waals surface area (Å²) in [5, 5.41) is 6.05. The van der Waals surface area contributed by atoms with Gasteiger partial charge in [0.2, 0.25) is 5.91 Å². The fourth-order valence-corrected chi connectivity index (χ4v) is 2.35. The molecule has 18 heavy (non-hydrogen) atoms. The maximum atomic E-state index is 11.5. The summed E-state index contributed by atoms with van der Waals surface area (Å²) in [5.41, 5.74) is 0. The van der Waals surface area contributed by atoms with Crippen LogP contribution in [0.1, 0.15) is 19.1 Å². The molecule has 6 nitrogen and oxygen atoms in total. The van der Waals surface area contributed by atoms with Crippen molar-refractivity contribution in [3.8, 4) is 0 Å². The number of allylic oxidation sites excluding steroid dienone is 1. The van der Waals surface area contributed by atoms with E-state index in [1.54, 1.807) is 32.1 Å². The highest BCUT2D eigenvalue weighted by atomic mass is 32.2. The fraction of sp³-hybridized carbons (Fsp3) is 0.455. The lowest BCUT2D eigenvalue weighted by Crippen LogP contribution is -2.18. The lowest BCUT2D eigenvalue weighted by Gasteiger charge is -2.01. The van der Waals surface area contributed by atoms with Gasteiger partial charge in [-0.3, -0.25) is 4.79 Å². The summed E-state index contributed by atoms with van der Waals surface area (Å²) in [6.07, 6.45) is 3.12. The Labute approximate surface area is 106 Å². The average molecular weight is 272 g/mol. The van der Waals surface area contributed by atoms with Crippen LogP contribution in [0.5, 0.6) is 0 Å². The van der Waals surface area contributed by atoms with Gasteiger partial charge in [-0.05, 0) is 13.8 Å². The van der Waals surface area contributed by atoms with E-state index in [2.05, 4.69) is 10.5 Å². The molecule has 0 fully saturated rings. The third kappa shape index (κ3) is 5.13. The smallest absolute Gasteiger partial charge is 0.226 e. The molecule has 1 rings (SSSR count).